The summed E-state index contributed by atoms with van der Waals surface area (Å²) in [7, 11) is 0. The molecule has 0 saturated heterocycles. The van der Waals surface area contributed by atoms with E-state index < -0.39 is 0 Å². The van der Waals surface area contributed by atoms with Crippen LogP contribution in [0.25, 0.3) is 10.8 Å². The largest absolute Gasteiger partial charge is 0.491 e. The first-order chi connectivity index (χ1) is 14.3. The molecule has 2 aliphatic rings. The third kappa shape index (κ3) is 3.40. The Balaban J connectivity index is 1.47. The first-order valence-electron chi connectivity index (χ1n) is 10.6. The van der Waals surface area contributed by atoms with Crippen molar-refractivity contribution in [2.24, 2.45) is 5.92 Å². The van der Waals surface area contributed by atoms with Gasteiger partial charge in [0, 0.05) is 18.2 Å². The minimum Gasteiger partial charge on any atom is -0.491 e. The van der Waals surface area contributed by atoms with E-state index in [0.29, 0.717) is 31.1 Å². The van der Waals surface area contributed by atoms with Gasteiger partial charge in [-0.05, 0) is 59.4 Å². The van der Waals surface area contributed by atoms with Crippen LogP contribution in [0.1, 0.15) is 36.4 Å². The fraction of sp³-hybridized carbons (Fsp3) is 0.308. The molecule has 3 aromatic carbocycles. The predicted molar refractivity (Wildman–Crippen MR) is 119 cm³/mol. The molecule has 29 heavy (non-hydrogen) atoms. The van der Waals surface area contributed by atoms with Gasteiger partial charge in [0.1, 0.15) is 12.4 Å². The van der Waals surface area contributed by atoms with Gasteiger partial charge in [-0.2, -0.15) is 0 Å². The minimum absolute atomic E-state index is 0.304. The smallest absolute Gasteiger partial charge is 0.119 e. The second kappa shape index (κ2) is 7.92. The Labute approximate surface area is 172 Å². The zero-order valence-corrected chi connectivity index (χ0v) is 16.8. The van der Waals surface area contributed by atoms with Gasteiger partial charge < -0.3 is 14.8 Å². The van der Waals surface area contributed by atoms with Crippen LogP contribution in [0.4, 0.5) is 5.69 Å². The topological polar surface area (TPSA) is 30.5 Å². The summed E-state index contributed by atoms with van der Waals surface area (Å²) in [6, 6.07) is 22.1. The number of fused-ring (bicyclic) bond motifs is 4. The van der Waals surface area contributed by atoms with E-state index in [1.807, 2.05) is 6.92 Å². The van der Waals surface area contributed by atoms with Crippen LogP contribution in [0.2, 0.25) is 0 Å². The Kier molecular flexibility index (Phi) is 4.99. The molecule has 0 radical (unpaired) electrons. The van der Waals surface area contributed by atoms with Gasteiger partial charge >= 0.3 is 0 Å². The highest BCUT2D eigenvalue weighted by Gasteiger charge is 2.38. The van der Waals surface area contributed by atoms with E-state index >= 15 is 0 Å². The van der Waals surface area contributed by atoms with Crippen molar-refractivity contribution in [1.82, 2.24) is 0 Å². The molecule has 148 valence electrons. The van der Waals surface area contributed by atoms with E-state index in [9.17, 15) is 0 Å². The molecule has 3 heteroatoms. The summed E-state index contributed by atoms with van der Waals surface area (Å²) >= 11 is 0. The fourth-order valence-corrected chi connectivity index (χ4v) is 4.85. The molecule has 3 unspecified atom stereocenters. The van der Waals surface area contributed by atoms with Crippen molar-refractivity contribution in [1.29, 1.82) is 0 Å². The Hall–Kier alpha value is -2.78. The molecule has 5 rings (SSSR count). The van der Waals surface area contributed by atoms with Crippen molar-refractivity contribution in [2.45, 2.75) is 25.3 Å². The molecule has 3 nitrogen and oxygen atoms in total. The van der Waals surface area contributed by atoms with Crippen LogP contribution in [-0.4, -0.2) is 19.8 Å². The van der Waals surface area contributed by atoms with Gasteiger partial charge in [-0.15, -0.1) is 0 Å². The van der Waals surface area contributed by atoms with Gasteiger partial charge in [-0.25, -0.2) is 0 Å². The molecular formula is C26H27NO2. The Bertz CT molecular complexity index is 1040. The molecule has 3 aromatic rings. The fourth-order valence-electron chi connectivity index (χ4n) is 4.85. The maximum Gasteiger partial charge on any atom is 0.119 e. The van der Waals surface area contributed by atoms with Gasteiger partial charge in [0.25, 0.3) is 0 Å². The SMILES string of the molecule is CCOCCOc1ccc2c(c1)C1C=CCC1C(c1cccc3ccccc13)N2. The monoisotopic (exact) mass is 385 g/mol. The molecule has 1 aliphatic carbocycles. The Morgan fingerprint density at radius 1 is 0.966 bits per heavy atom. The van der Waals surface area contributed by atoms with E-state index in [4.69, 9.17) is 9.47 Å². The molecule has 0 fully saturated rings. The summed E-state index contributed by atoms with van der Waals surface area (Å²) in [5, 5.41) is 6.51. The molecule has 3 atom stereocenters. The van der Waals surface area contributed by atoms with Gasteiger partial charge in [0.15, 0.2) is 0 Å². The highest BCUT2D eigenvalue weighted by molar-refractivity contribution is 5.86. The average Bonchev–Trinajstić information content (AvgIpc) is 3.26. The van der Waals surface area contributed by atoms with Crippen molar-refractivity contribution in [3.8, 4) is 5.75 Å². The quantitative estimate of drug-likeness (QED) is 0.412. The van der Waals surface area contributed by atoms with Crippen molar-refractivity contribution < 1.29 is 9.47 Å². The van der Waals surface area contributed by atoms with Crippen molar-refractivity contribution in [3.63, 3.8) is 0 Å². The van der Waals surface area contributed by atoms with Crippen LogP contribution in [0.5, 0.6) is 5.75 Å². The highest BCUT2D eigenvalue weighted by Crippen LogP contribution is 2.51. The predicted octanol–water partition coefficient (Wildman–Crippen LogP) is 6.08. The summed E-state index contributed by atoms with van der Waals surface area (Å²) in [5.74, 6) is 1.87. The lowest BCUT2D eigenvalue weighted by atomic mass is 9.76. The summed E-state index contributed by atoms with van der Waals surface area (Å²) in [6.07, 6.45) is 5.82. The normalized spacial score (nSPS) is 22.2. The standard InChI is InChI=1S/C26H27NO2/c1-2-28-15-16-29-19-13-14-25-24(17-19)21-10-6-12-23(21)26(27-25)22-11-5-8-18-7-3-4-9-20(18)22/h3-11,13-14,17,21,23,26-27H,2,12,15-16H2,1H3. The van der Waals surface area contributed by atoms with Gasteiger partial charge in [-0.1, -0.05) is 54.6 Å². The first-order valence-corrected chi connectivity index (χ1v) is 10.6. The van der Waals surface area contributed by atoms with Crippen molar-refractivity contribution >= 4 is 16.5 Å². The zero-order valence-electron chi connectivity index (χ0n) is 16.8. The third-order valence-electron chi connectivity index (χ3n) is 6.19. The lowest BCUT2D eigenvalue weighted by molar-refractivity contribution is 0.110. The van der Waals surface area contributed by atoms with Gasteiger partial charge in [0.05, 0.1) is 12.6 Å². The van der Waals surface area contributed by atoms with Crippen LogP contribution < -0.4 is 10.1 Å². The average molecular weight is 386 g/mol. The summed E-state index contributed by atoms with van der Waals surface area (Å²) in [5.41, 5.74) is 3.95. The lowest BCUT2D eigenvalue weighted by Gasteiger charge is -2.38. The Morgan fingerprint density at radius 3 is 2.79 bits per heavy atom. The number of nitrogens with one attached hydrogen (secondary N) is 1. The third-order valence-corrected chi connectivity index (χ3v) is 6.19. The van der Waals surface area contributed by atoms with Crippen LogP contribution >= 0.6 is 0 Å². The minimum atomic E-state index is 0.304. The van der Waals surface area contributed by atoms with E-state index in [2.05, 4.69) is 78.1 Å². The summed E-state index contributed by atoms with van der Waals surface area (Å²) in [4.78, 5) is 0. The molecule has 1 N–H and O–H groups in total. The molecule has 0 aromatic heterocycles. The number of anilines is 1. The zero-order chi connectivity index (χ0) is 19.6. The van der Waals surface area contributed by atoms with E-state index in [1.165, 1.54) is 27.6 Å². The summed E-state index contributed by atoms with van der Waals surface area (Å²) in [6.45, 7) is 3.94. The highest BCUT2D eigenvalue weighted by atomic mass is 16.5. The van der Waals surface area contributed by atoms with Gasteiger partial charge in [0.2, 0.25) is 0 Å². The lowest BCUT2D eigenvalue weighted by Crippen LogP contribution is -2.29. The number of hydrogen-bond acceptors (Lipinski definition) is 3. The first kappa shape index (κ1) is 18.3. The second-order valence-electron chi connectivity index (χ2n) is 7.84. The van der Waals surface area contributed by atoms with E-state index in [-0.39, 0.29) is 0 Å². The molecular weight excluding hydrogens is 358 g/mol. The van der Waals surface area contributed by atoms with Crippen molar-refractivity contribution in [3.05, 3.63) is 83.9 Å². The summed E-state index contributed by atoms with van der Waals surface area (Å²) < 4.78 is 11.3. The van der Waals surface area contributed by atoms with E-state index in [1.54, 1.807) is 0 Å². The van der Waals surface area contributed by atoms with Crippen molar-refractivity contribution in [2.75, 3.05) is 25.1 Å². The molecule has 0 amide bonds. The maximum absolute atomic E-state index is 5.91. The van der Waals surface area contributed by atoms with Crippen LogP contribution in [0, 0.1) is 5.92 Å². The molecule has 1 heterocycles. The number of ether oxygens (including phenoxy) is 2. The van der Waals surface area contributed by atoms with Gasteiger partial charge in [-0.3, -0.25) is 0 Å². The number of hydrogen-bond donors (Lipinski definition) is 1. The van der Waals surface area contributed by atoms with Crippen LogP contribution in [-0.2, 0) is 4.74 Å². The number of benzene rings is 3. The molecule has 0 bridgehead atoms. The molecule has 0 spiro atoms. The van der Waals surface area contributed by atoms with Crippen LogP contribution in [0.15, 0.2) is 72.8 Å². The molecule has 1 aliphatic heterocycles. The van der Waals surface area contributed by atoms with Crippen LogP contribution in [0.3, 0.4) is 0 Å². The number of rotatable bonds is 6. The van der Waals surface area contributed by atoms with E-state index in [0.717, 1.165) is 18.8 Å². The Morgan fingerprint density at radius 2 is 1.86 bits per heavy atom. The maximum atomic E-state index is 5.91. The second-order valence-corrected chi connectivity index (χ2v) is 7.84. The molecule has 0 saturated carbocycles. The number of allylic oxidation sites excluding steroid dienone is 2.